The van der Waals surface area contributed by atoms with Gasteiger partial charge in [0.1, 0.15) is 22.5 Å². The van der Waals surface area contributed by atoms with Crippen molar-refractivity contribution in [2.45, 2.75) is 31.4 Å². The molecular weight excluding hydrogens is 282 g/mol. The van der Waals surface area contributed by atoms with Crippen LogP contribution in [0.2, 0.25) is 0 Å². The molecule has 108 valence electrons. The Hall–Kier alpha value is -1.83. The first kappa shape index (κ1) is 14.6. The first-order chi connectivity index (χ1) is 9.51. The van der Waals surface area contributed by atoms with Gasteiger partial charge in [0.05, 0.1) is 12.2 Å². The SMILES string of the molecule is CCc1nc(C)c(C(=O)O)c(SCC2CNC(=O)O2)n1. The van der Waals surface area contributed by atoms with Gasteiger partial charge in [-0.05, 0) is 6.92 Å². The van der Waals surface area contributed by atoms with Gasteiger partial charge in [0.2, 0.25) is 0 Å². The van der Waals surface area contributed by atoms with Gasteiger partial charge < -0.3 is 15.2 Å². The Labute approximate surface area is 120 Å². The summed E-state index contributed by atoms with van der Waals surface area (Å²) in [6, 6.07) is 0. The van der Waals surface area contributed by atoms with Crippen molar-refractivity contribution in [1.29, 1.82) is 0 Å². The molecule has 1 unspecified atom stereocenters. The van der Waals surface area contributed by atoms with Crippen LogP contribution in [-0.4, -0.2) is 45.5 Å². The lowest BCUT2D eigenvalue weighted by Crippen LogP contribution is -2.17. The molecule has 0 saturated carbocycles. The molecule has 8 heteroatoms. The van der Waals surface area contributed by atoms with Gasteiger partial charge in [-0.3, -0.25) is 0 Å². The highest BCUT2D eigenvalue weighted by atomic mass is 32.2. The lowest BCUT2D eigenvalue weighted by molar-refractivity contribution is 0.0690. The highest BCUT2D eigenvalue weighted by Gasteiger charge is 2.24. The second-order valence-corrected chi connectivity index (χ2v) is 5.29. The fraction of sp³-hybridized carbons (Fsp3) is 0.500. The summed E-state index contributed by atoms with van der Waals surface area (Å²) in [4.78, 5) is 30.7. The Morgan fingerprint density at radius 3 is 2.85 bits per heavy atom. The number of amides is 1. The first-order valence-electron chi connectivity index (χ1n) is 6.19. The summed E-state index contributed by atoms with van der Waals surface area (Å²) < 4.78 is 5.01. The van der Waals surface area contributed by atoms with Crippen LogP contribution in [0.1, 0.15) is 28.8 Å². The number of carboxylic acid groups (broad SMARTS) is 1. The van der Waals surface area contributed by atoms with E-state index in [0.717, 1.165) is 0 Å². The standard InChI is InChI=1S/C12H15N3O4S/c1-3-8-14-6(2)9(11(16)17)10(15-8)20-5-7-4-13-12(18)19-7/h7H,3-5H2,1-2H3,(H,13,18)(H,16,17). The average molecular weight is 297 g/mol. The minimum Gasteiger partial charge on any atom is -0.478 e. The Balaban J connectivity index is 2.18. The summed E-state index contributed by atoms with van der Waals surface area (Å²) >= 11 is 1.27. The van der Waals surface area contributed by atoms with E-state index in [1.165, 1.54) is 11.8 Å². The number of rotatable bonds is 5. The summed E-state index contributed by atoms with van der Waals surface area (Å²) in [5.41, 5.74) is 0.567. The van der Waals surface area contributed by atoms with Gasteiger partial charge >= 0.3 is 12.1 Å². The summed E-state index contributed by atoms with van der Waals surface area (Å²) in [6.07, 6.45) is -0.0782. The van der Waals surface area contributed by atoms with E-state index in [4.69, 9.17) is 4.74 Å². The van der Waals surface area contributed by atoms with Gasteiger partial charge in [-0.1, -0.05) is 6.92 Å². The van der Waals surface area contributed by atoms with Crippen molar-refractivity contribution in [3.8, 4) is 0 Å². The number of aromatic carboxylic acids is 1. The number of hydrogen-bond donors (Lipinski definition) is 2. The van der Waals surface area contributed by atoms with Crippen LogP contribution >= 0.6 is 11.8 Å². The van der Waals surface area contributed by atoms with Crippen LogP contribution < -0.4 is 5.32 Å². The molecule has 1 fully saturated rings. The van der Waals surface area contributed by atoms with Gasteiger partial charge in [0.25, 0.3) is 0 Å². The molecule has 1 saturated heterocycles. The van der Waals surface area contributed by atoms with Crippen LogP contribution in [0.5, 0.6) is 0 Å². The largest absolute Gasteiger partial charge is 0.478 e. The monoisotopic (exact) mass is 297 g/mol. The number of carbonyl (C=O) groups excluding carboxylic acids is 1. The molecule has 0 spiro atoms. The number of alkyl carbamates (subject to hydrolysis) is 1. The molecule has 1 aromatic heterocycles. The zero-order chi connectivity index (χ0) is 14.7. The maximum atomic E-state index is 11.3. The predicted molar refractivity (Wildman–Crippen MR) is 72.1 cm³/mol. The van der Waals surface area contributed by atoms with Crippen molar-refractivity contribution >= 4 is 23.8 Å². The van der Waals surface area contributed by atoms with Gasteiger partial charge in [-0.25, -0.2) is 19.6 Å². The molecule has 2 rings (SSSR count). The number of nitrogens with zero attached hydrogens (tertiary/aromatic N) is 2. The van der Waals surface area contributed by atoms with Crippen LogP contribution in [0, 0.1) is 6.92 Å². The van der Waals surface area contributed by atoms with E-state index in [-0.39, 0.29) is 11.7 Å². The second kappa shape index (κ2) is 6.08. The molecule has 0 aliphatic carbocycles. The molecule has 0 radical (unpaired) electrons. The number of aryl methyl sites for hydroxylation is 2. The zero-order valence-corrected chi connectivity index (χ0v) is 12.0. The summed E-state index contributed by atoms with van der Waals surface area (Å²) in [7, 11) is 0. The molecule has 1 aliphatic rings. The molecule has 2 heterocycles. The molecule has 1 amide bonds. The number of carboxylic acids is 1. The van der Waals surface area contributed by atoms with Gasteiger partial charge in [-0.15, -0.1) is 11.8 Å². The molecular formula is C12H15N3O4S. The number of ether oxygens (including phenoxy) is 1. The number of hydrogen-bond acceptors (Lipinski definition) is 6. The Kier molecular flexibility index (Phi) is 4.43. The van der Waals surface area contributed by atoms with E-state index in [9.17, 15) is 14.7 Å². The molecule has 0 bridgehead atoms. The molecule has 0 aromatic carbocycles. The number of thioether (sulfide) groups is 1. The van der Waals surface area contributed by atoms with Crippen molar-refractivity contribution in [2.24, 2.45) is 0 Å². The average Bonchev–Trinajstić information content (AvgIpc) is 2.81. The maximum absolute atomic E-state index is 11.3. The third-order valence-corrected chi connectivity index (χ3v) is 3.89. The topological polar surface area (TPSA) is 101 Å². The Bertz CT molecular complexity index is 550. The van der Waals surface area contributed by atoms with Crippen LogP contribution in [0.25, 0.3) is 0 Å². The van der Waals surface area contributed by atoms with E-state index in [1.54, 1.807) is 6.92 Å². The van der Waals surface area contributed by atoms with Crippen molar-refractivity contribution < 1.29 is 19.4 Å². The summed E-state index contributed by atoms with van der Waals surface area (Å²) in [5.74, 6) is 0.0178. The van der Waals surface area contributed by atoms with Crippen LogP contribution in [0.3, 0.4) is 0 Å². The molecule has 1 atom stereocenters. The quantitative estimate of drug-likeness (QED) is 0.623. The highest BCUT2D eigenvalue weighted by molar-refractivity contribution is 7.99. The summed E-state index contributed by atoms with van der Waals surface area (Å²) in [5, 5.41) is 12.2. The fourth-order valence-electron chi connectivity index (χ4n) is 1.81. The molecule has 7 nitrogen and oxygen atoms in total. The normalized spacial score (nSPS) is 17.7. The Morgan fingerprint density at radius 1 is 1.55 bits per heavy atom. The number of carbonyl (C=O) groups is 2. The van der Waals surface area contributed by atoms with E-state index < -0.39 is 12.1 Å². The number of cyclic esters (lactones) is 1. The molecule has 20 heavy (non-hydrogen) atoms. The summed E-state index contributed by atoms with van der Waals surface area (Å²) in [6.45, 7) is 4.00. The van der Waals surface area contributed by atoms with Crippen LogP contribution in [0.4, 0.5) is 4.79 Å². The lowest BCUT2D eigenvalue weighted by Gasteiger charge is -2.11. The van der Waals surface area contributed by atoms with E-state index in [0.29, 0.717) is 35.3 Å². The smallest absolute Gasteiger partial charge is 0.407 e. The van der Waals surface area contributed by atoms with Crippen LogP contribution in [-0.2, 0) is 11.2 Å². The molecule has 1 aliphatic heterocycles. The number of aromatic nitrogens is 2. The first-order valence-corrected chi connectivity index (χ1v) is 7.18. The van der Waals surface area contributed by atoms with Gasteiger partial charge in [0, 0.05) is 12.2 Å². The minimum absolute atomic E-state index is 0.115. The number of nitrogens with one attached hydrogen (secondary N) is 1. The maximum Gasteiger partial charge on any atom is 0.407 e. The third-order valence-electron chi connectivity index (χ3n) is 2.79. The van der Waals surface area contributed by atoms with Gasteiger partial charge in [-0.2, -0.15) is 0 Å². The molecule has 1 aromatic rings. The van der Waals surface area contributed by atoms with Crippen molar-refractivity contribution in [3.63, 3.8) is 0 Å². The Morgan fingerprint density at radius 2 is 2.30 bits per heavy atom. The van der Waals surface area contributed by atoms with E-state index in [1.807, 2.05) is 6.92 Å². The van der Waals surface area contributed by atoms with Crippen LogP contribution in [0.15, 0.2) is 5.03 Å². The third kappa shape index (κ3) is 3.19. The van der Waals surface area contributed by atoms with Crippen molar-refractivity contribution in [3.05, 3.63) is 17.1 Å². The van der Waals surface area contributed by atoms with Crippen molar-refractivity contribution in [1.82, 2.24) is 15.3 Å². The van der Waals surface area contributed by atoms with E-state index in [2.05, 4.69) is 15.3 Å². The van der Waals surface area contributed by atoms with Gasteiger partial charge in [0.15, 0.2) is 0 Å². The highest BCUT2D eigenvalue weighted by Crippen LogP contribution is 2.25. The lowest BCUT2D eigenvalue weighted by atomic mass is 10.2. The fourth-order valence-corrected chi connectivity index (χ4v) is 2.89. The zero-order valence-electron chi connectivity index (χ0n) is 11.2. The van der Waals surface area contributed by atoms with E-state index >= 15 is 0 Å². The minimum atomic E-state index is -1.05. The second-order valence-electron chi connectivity index (χ2n) is 4.28. The molecule has 2 N–H and O–H groups in total. The van der Waals surface area contributed by atoms with Crippen molar-refractivity contribution in [2.75, 3.05) is 12.3 Å². The predicted octanol–water partition coefficient (Wildman–Crippen LogP) is 1.25.